The molecule has 4 heterocycles. The van der Waals surface area contributed by atoms with Crippen LogP contribution in [0.15, 0.2) is 0 Å². The van der Waals surface area contributed by atoms with Crippen molar-refractivity contribution in [1.82, 2.24) is 5.32 Å². The van der Waals surface area contributed by atoms with Crippen molar-refractivity contribution >= 4 is 5.97 Å². The molecule has 0 aromatic heterocycles. The van der Waals surface area contributed by atoms with Crippen molar-refractivity contribution < 1.29 is 28.8 Å². The molecule has 0 aromatic rings. The van der Waals surface area contributed by atoms with E-state index < -0.39 is 18.0 Å². The quantitative estimate of drug-likeness (QED) is 0.525. The number of fused-ring (bicyclic) bond motifs is 2. The minimum Gasteiger partial charge on any atom is -0.417 e. The van der Waals surface area contributed by atoms with Crippen LogP contribution in [0.2, 0.25) is 0 Å². The summed E-state index contributed by atoms with van der Waals surface area (Å²) in [5.41, 5.74) is -0.131. The first-order chi connectivity index (χ1) is 11.9. The summed E-state index contributed by atoms with van der Waals surface area (Å²) in [6.07, 6.45) is 3.51. The predicted octanol–water partition coefficient (Wildman–Crippen LogP) is 1.67. The maximum Gasteiger partial charge on any atom is 0.323 e. The van der Waals surface area contributed by atoms with Crippen LogP contribution in [0.4, 0.5) is 0 Å². The number of nitrogens with one attached hydrogen (secondary N) is 1. The van der Waals surface area contributed by atoms with Gasteiger partial charge >= 0.3 is 5.97 Å². The summed E-state index contributed by atoms with van der Waals surface area (Å²) < 4.78 is 18.4. The molecule has 25 heavy (non-hydrogen) atoms. The minimum atomic E-state index is -1.12. The van der Waals surface area contributed by atoms with Crippen LogP contribution in [0.5, 0.6) is 0 Å². The lowest BCUT2D eigenvalue weighted by Gasteiger charge is -2.78. The molecule has 7 unspecified atom stereocenters. The zero-order chi connectivity index (χ0) is 17.2. The molecule has 6 rings (SSSR count). The van der Waals surface area contributed by atoms with Crippen molar-refractivity contribution in [3.05, 3.63) is 0 Å². The second kappa shape index (κ2) is 4.22. The molecule has 7 heteroatoms. The molecule has 4 aliphatic heterocycles. The number of rotatable bonds is 0. The molecule has 3 bridgehead atoms. The summed E-state index contributed by atoms with van der Waals surface area (Å²) in [6, 6.07) is 0. The van der Waals surface area contributed by atoms with E-state index in [2.05, 4.69) is 19.2 Å². The number of hydrogen-bond acceptors (Lipinski definition) is 7. The highest BCUT2D eigenvalue weighted by atomic mass is 17.2. The zero-order valence-electron chi connectivity index (χ0n) is 14.9. The predicted molar refractivity (Wildman–Crippen MR) is 82.3 cm³/mol. The number of carbonyl (C=O) groups is 1. The maximum absolute atomic E-state index is 11.9. The first-order valence-corrected chi connectivity index (χ1v) is 9.53. The molecule has 0 amide bonds. The van der Waals surface area contributed by atoms with Gasteiger partial charge in [0.15, 0.2) is 6.29 Å². The minimum absolute atomic E-state index is 0.00106. The Kier molecular flexibility index (Phi) is 2.59. The normalized spacial score (nSPS) is 64.4. The van der Waals surface area contributed by atoms with Crippen molar-refractivity contribution in [2.75, 3.05) is 6.54 Å². The Morgan fingerprint density at radius 2 is 1.96 bits per heavy atom. The van der Waals surface area contributed by atoms with Gasteiger partial charge in [0.1, 0.15) is 6.10 Å². The smallest absolute Gasteiger partial charge is 0.323 e. The van der Waals surface area contributed by atoms with Gasteiger partial charge in [-0.05, 0) is 32.1 Å². The van der Waals surface area contributed by atoms with Crippen LogP contribution in [0.25, 0.3) is 0 Å². The van der Waals surface area contributed by atoms with Gasteiger partial charge in [0, 0.05) is 29.1 Å². The van der Waals surface area contributed by atoms with E-state index in [4.69, 9.17) is 24.0 Å². The third-order valence-electron chi connectivity index (χ3n) is 8.44. The SMILES string of the molecule is CC1C2(NCC(=O)O2)OC2O[C@]3(C)CCC45C(OO3)C1(CC[C@H]4C)C25. The van der Waals surface area contributed by atoms with Crippen LogP contribution in [0.3, 0.4) is 0 Å². The number of hydrogen-bond donors (Lipinski definition) is 1. The highest BCUT2D eigenvalue weighted by Crippen LogP contribution is 2.80. The average molecular weight is 351 g/mol. The Labute approximate surface area is 146 Å². The van der Waals surface area contributed by atoms with E-state index in [1.807, 2.05) is 6.92 Å². The Hall–Kier alpha value is -0.730. The van der Waals surface area contributed by atoms with Gasteiger partial charge in [-0.15, -0.1) is 0 Å². The molecule has 138 valence electrons. The molecular weight excluding hydrogens is 326 g/mol. The first kappa shape index (κ1) is 15.3. The van der Waals surface area contributed by atoms with Crippen LogP contribution >= 0.6 is 0 Å². The highest BCUT2D eigenvalue weighted by Gasteiger charge is 2.86. The Balaban J connectivity index is 1.54. The molecular formula is C18H25NO6. The molecule has 6 fully saturated rings. The van der Waals surface area contributed by atoms with Gasteiger partial charge in [0.05, 0.1) is 6.54 Å². The lowest BCUT2D eigenvalue weighted by atomic mass is 9.30. The first-order valence-electron chi connectivity index (χ1n) is 9.53. The average Bonchev–Trinajstić information content (AvgIpc) is 2.79. The van der Waals surface area contributed by atoms with Crippen LogP contribution in [0, 0.1) is 28.6 Å². The van der Waals surface area contributed by atoms with Gasteiger partial charge < -0.3 is 9.47 Å². The monoisotopic (exact) mass is 351 g/mol. The third kappa shape index (κ3) is 1.45. The fourth-order valence-corrected chi connectivity index (χ4v) is 7.24. The summed E-state index contributed by atoms with van der Waals surface area (Å²) in [5.74, 6) is -1.47. The third-order valence-corrected chi connectivity index (χ3v) is 8.44. The van der Waals surface area contributed by atoms with Crippen molar-refractivity contribution in [2.45, 2.75) is 70.5 Å². The number of carbonyl (C=O) groups excluding carboxylic acids is 1. The van der Waals surface area contributed by atoms with E-state index in [1.165, 1.54) is 0 Å². The van der Waals surface area contributed by atoms with Crippen molar-refractivity contribution in [2.24, 2.45) is 28.6 Å². The lowest BCUT2D eigenvalue weighted by Crippen LogP contribution is -2.84. The molecule has 6 aliphatic rings. The van der Waals surface area contributed by atoms with Gasteiger partial charge in [-0.1, -0.05) is 13.8 Å². The fraction of sp³-hybridized carbons (Fsp3) is 0.944. The number of esters is 1. The van der Waals surface area contributed by atoms with Crippen LogP contribution in [-0.4, -0.2) is 36.6 Å². The summed E-state index contributed by atoms with van der Waals surface area (Å²) in [5, 5.41) is 3.19. The summed E-state index contributed by atoms with van der Waals surface area (Å²) in [6.45, 7) is 6.52. The number of ether oxygens (including phenoxy) is 3. The second-order valence-corrected chi connectivity index (χ2v) is 9.16. The lowest BCUT2D eigenvalue weighted by molar-refractivity contribution is -0.573. The standard InChI is InChI=1S/C18H25NO6/c1-9-4-5-17-10(2)18(19-8-11(20)21-18)23-13-12(17)16(9)7-6-15(3,22-13)25-24-14(16)17/h9-10,12-14,19H,4-8H2,1-3H3/t9-,10?,12?,13?,14?,15+,16?,17?,18?/m1/s1. The molecule has 9 atom stereocenters. The van der Waals surface area contributed by atoms with Crippen LogP contribution in [-0.2, 0) is 28.8 Å². The molecule has 0 radical (unpaired) electrons. The Bertz CT molecular complexity index is 672. The summed E-state index contributed by atoms with van der Waals surface area (Å²) in [7, 11) is 0. The molecule has 2 saturated carbocycles. The molecule has 4 saturated heterocycles. The van der Waals surface area contributed by atoms with Gasteiger partial charge in [0.2, 0.25) is 5.79 Å². The Morgan fingerprint density at radius 3 is 2.72 bits per heavy atom. The molecule has 0 aromatic carbocycles. The second-order valence-electron chi connectivity index (χ2n) is 9.16. The van der Waals surface area contributed by atoms with Crippen molar-refractivity contribution in [3.8, 4) is 0 Å². The van der Waals surface area contributed by atoms with E-state index >= 15 is 0 Å². The molecule has 2 aliphatic carbocycles. The van der Waals surface area contributed by atoms with Crippen LogP contribution < -0.4 is 5.32 Å². The van der Waals surface area contributed by atoms with Crippen molar-refractivity contribution in [1.29, 1.82) is 0 Å². The molecule has 7 nitrogen and oxygen atoms in total. The van der Waals surface area contributed by atoms with E-state index in [-0.39, 0.29) is 41.3 Å². The summed E-state index contributed by atoms with van der Waals surface area (Å²) in [4.78, 5) is 23.8. The maximum atomic E-state index is 11.9. The van der Waals surface area contributed by atoms with E-state index in [0.717, 1.165) is 25.7 Å². The zero-order valence-corrected chi connectivity index (χ0v) is 14.9. The van der Waals surface area contributed by atoms with Crippen LogP contribution in [0.1, 0.15) is 46.5 Å². The summed E-state index contributed by atoms with van der Waals surface area (Å²) >= 11 is 0. The van der Waals surface area contributed by atoms with Gasteiger partial charge in [0.25, 0.3) is 5.91 Å². The molecule has 3 spiro atoms. The van der Waals surface area contributed by atoms with Gasteiger partial charge in [-0.3, -0.25) is 9.53 Å². The van der Waals surface area contributed by atoms with E-state index in [0.29, 0.717) is 5.92 Å². The fourth-order valence-electron chi connectivity index (χ4n) is 7.24. The largest absolute Gasteiger partial charge is 0.417 e. The highest BCUT2D eigenvalue weighted by molar-refractivity contribution is 5.74. The van der Waals surface area contributed by atoms with E-state index in [1.54, 1.807) is 0 Å². The van der Waals surface area contributed by atoms with Crippen molar-refractivity contribution in [3.63, 3.8) is 0 Å². The van der Waals surface area contributed by atoms with Gasteiger partial charge in [-0.25, -0.2) is 15.1 Å². The Morgan fingerprint density at radius 1 is 1.12 bits per heavy atom. The van der Waals surface area contributed by atoms with Gasteiger partial charge in [-0.2, -0.15) is 0 Å². The van der Waals surface area contributed by atoms with E-state index in [9.17, 15) is 4.79 Å². The topological polar surface area (TPSA) is 75.3 Å². The molecule has 1 N–H and O–H groups in total.